The second-order valence-electron chi connectivity index (χ2n) is 5.08. The number of amides is 1. The van der Waals surface area contributed by atoms with Crippen LogP contribution in [-0.4, -0.2) is 20.9 Å². The molecule has 3 N–H and O–H groups in total. The highest BCUT2D eigenvalue weighted by molar-refractivity contribution is 9.10. The van der Waals surface area contributed by atoms with Gasteiger partial charge in [-0.05, 0) is 37.0 Å². The number of nitrogens with one attached hydrogen (secondary N) is 1. The van der Waals surface area contributed by atoms with Crippen LogP contribution in [0.25, 0.3) is 0 Å². The minimum atomic E-state index is -3.82. The van der Waals surface area contributed by atoms with Crippen molar-refractivity contribution in [2.45, 2.75) is 30.6 Å². The van der Waals surface area contributed by atoms with Crippen LogP contribution in [0.1, 0.15) is 36.0 Å². The molecule has 0 bridgehead atoms. The SMILES string of the molecule is NS(=O)(=O)c1cc(Br)cc(C(=O)NCC2CCCC2)c1. The fourth-order valence-electron chi connectivity index (χ4n) is 2.41. The maximum absolute atomic E-state index is 12.1. The Bertz CT molecular complexity index is 610. The highest BCUT2D eigenvalue weighted by Crippen LogP contribution is 2.24. The molecule has 0 radical (unpaired) electrons. The molecule has 0 atom stereocenters. The molecule has 110 valence electrons. The molecule has 7 heteroatoms. The number of hydrogen-bond donors (Lipinski definition) is 2. The molecule has 0 spiro atoms. The predicted octanol–water partition coefficient (Wildman–Crippen LogP) is 2.02. The Morgan fingerprint density at radius 3 is 2.55 bits per heavy atom. The summed E-state index contributed by atoms with van der Waals surface area (Å²) in [6.07, 6.45) is 4.71. The normalized spacial score (nSPS) is 16.3. The zero-order valence-electron chi connectivity index (χ0n) is 10.9. The van der Waals surface area contributed by atoms with E-state index in [1.165, 1.54) is 25.0 Å². The lowest BCUT2D eigenvalue weighted by atomic mass is 10.1. The molecule has 0 aliphatic heterocycles. The van der Waals surface area contributed by atoms with Crippen LogP contribution >= 0.6 is 15.9 Å². The molecule has 1 aromatic rings. The third kappa shape index (κ3) is 4.04. The first kappa shape index (κ1) is 15.5. The van der Waals surface area contributed by atoms with Crippen LogP contribution in [0.15, 0.2) is 27.6 Å². The molecule has 1 aromatic carbocycles. The predicted molar refractivity (Wildman–Crippen MR) is 79.8 cm³/mol. The first-order valence-corrected chi connectivity index (χ1v) is 8.82. The molecule has 0 heterocycles. The van der Waals surface area contributed by atoms with E-state index >= 15 is 0 Å². The number of nitrogens with two attached hydrogens (primary N) is 1. The Labute approximate surface area is 127 Å². The summed E-state index contributed by atoms with van der Waals surface area (Å²) in [5.74, 6) is 0.256. The number of hydrogen-bond acceptors (Lipinski definition) is 3. The number of halogens is 1. The molecule has 20 heavy (non-hydrogen) atoms. The third-order valence-electron chi connectivity index (χ3n) is 3.49. The molecule has 5 nitrogen and oxygen atoms in total. The van der Waals surface area contributed by atoms with Gasteiger partial charge in [0, 0.05) is 16.6 Å². The molecule has 2 rings (SSSR count). The van der Waals surface area contributed by atoms with Crippen LogP contribution in [0, 0.1) is 5.92 Å². The van der Waals surface area contributed by atoms with E-state index in [0.717, 1.165) is 12.8 Å². The molecule has 1 aliphatic carbocycles. The highest BCUT2D eigenvalue weighted by atomic mass is 79.9. The molecule has 1 amide bonds. The van der Waals surface area contributed by atoms with Crippen molar-refractivity contribution in [2.75, 3.05) is 6.54 Å². The van der Waals surface area contributed by atoms with Crippen molar-refractivity contribution < 1.29 is 13.2 Å². The maximum Gasteiger partial charge on any atom is 0.251 e. The summed E-state index contributed by atoms with van der Waals surface area (Å²) in [6.45, 7) is 0.635. The third-order valence-corrected chi connectivity index (χ3v) is 4.84. The Hall–Kier alpha value is -0.920. The first-order valence-electron chi connectivity index (χ1n) is 6.48. The van der Waals surface area contributed by atoms with Crippen molar-refractivity contribution in [3.8, 4) is 0 Å². The van der Waals surface area contributed by atoms with Gasteiger partial charge in [-0.1, -0.05) is 28.8 Å². The lowest BCUT2D eigenvalue weighted by Crippen LogP contribution is -2.28. The van der Waals surface area contributed by atoms with E-state index in [2.05, 4.69) is 21.2 Å². The monoisotopic (exact) mass is 360 g/mol. The van der Waals surface area contributed by atoms with Crippen molar-refractivity contribution in [1.82, 2.24) is 5.32 Å². The molecular formula is C13H17BrN2O3S. The van der Waals surface area contributed by atoms with Gasteiger partial charge in [0.05, 0.1) is 4.90 Å². The van der Waals surface area contributed by atoms with Crippen molar-refractivity contribution in [3.63, 3.8) is 0 Å². The van der Waals surface area contributed by atoms with Gasteiger partial charge in [0.1, 0.15) is 0 Å². The standard InChI is InChI=1S/C13H17BrN2O3S/c14-11-5-10(6-12(7-11)20(15,18)19)13(17)16-8-9-3-1-2-4-9/h5-7,9H,1-4,8H2,(H,16,17)(H2,15,18,19). The Morgan fingerprint density at radius 2 is 1.95 bits per heavy atom. The zero-order valence-corrected chi connectivity index (χ0v) is 13.3. The Kier molecular flexibility index (Phi) is 4.82. The van der Waals surface area contributed by atoms with Crippen molar-refractivity contribution in [2.24, 2.45) is 11.1 Å². The van der Waals surface area contributed by atoms with Crippen LogP contribution in [0.5, 0.6) is 0 Å². The number of carbonyl (C=O) groups is 1. The summed E-state index contributed by atoms with van der Waals surface area (Å²) in [7, 11) is -3.82. The summed E-state index contributed by atoms with van der Waals surface area (Å²) < 4.78 is 23.2. The fraction of sp³-hybridized carbons (Fsp3) is 0.462. The first-order chi connectivity index (χ1) is 9.36. The number of carbonyl (C=O) groups excluding carboxylic acids is 1. The average Bonchev–Trinajstić information content (AvgIpc) is 2.87. The van der Waals surface area contributed by atoms with Crippen LogP contribution < -0.4 is 10.5 Å². The lowest BCUT2D eigenvalue weighted by Gasteiger charge is -2.11. The van der Waals surface area contributed by atoms with Crippen molar-refractivity contribution >= 4 is 31.9 Å². The minimum absolute atomic E-state index is 0.0714. The van der Waals surface area contributed by atoms with Crippen LogP contribution in [0.4, 0.5) is 0 Å². The topological polar surface area (TPSA) is 89.3 Å². The summed E-state index contributed by atoms with van der Waals surface area (Å²) >= 11 is 3.19. The van der Waals surface area contributed by atoms with Gasteiger partial charge in [-0.25, -0.2) is 13.6 Å². The lowest BCUT2D eigenvalue weighted by molar-refractivity contribution is 0.0947. The molecule has 0 aromatic heterocycles. The molecule has 1 aliphatic rings. The average molecular weight is 361 g/mol. The van der Waals surface area contributed by atoms with Gasteiger partial charge in [-0.15, -0.1) is 0 Å². The van der Waals surface area contributed by atoms with E-state index in [-0.39, 0.29) is 10.8 Å². The number of rotatable bonds is 4. The second kappa shape index (κ2) is 6.24. The Morgan fingerprint density at radius 1 is 1.30 bits per heavy atom. The van der Waals surface area contributed by atoms with Gasteiger partial charge in [0.2, 0.25) is 10.0 Å². The van der Waals surface area contributed by atoms with E-state index in [0.29, 0.717) is 22.5 Å². The quantitative estimate of drug-likeness (QED) is 0.860. The highest BCUT2D eigenvalue weighted by Gasteiger charge is 2.18. The minimum Gasteiger partial charge on any atom is -0.352 e. The van der Waals surface area contributed by atoms with Gasteiger partial charge >= 0.3 is 0 Å². The molecule has 0 saturated heterocycles. The van der Waals surface area contributed by atoms with Gasteiger partial charge in [-0.2, -0.15) is 0 Å². The van der Waals surface area contributed by atoms with Crippen molar-refractivity contribution in [3.05, 3.63) is 28.2 Å². The second-order valence-corrected chi connectivity index (χ2v) is 7.56. The number of benzene rings is 1. The molecule has 1 fully saturated rings. The van der Waals surface area contributed by atoms with E-state index < -0.39 is 10.0 Å². The summed E-state index contributed by atoms with van der Waals surface area (Å²) in [6, 6.07) is 4.26. The largest absolute Gasteiger partial charge is 0.352 e. The maximum atomic E-state index is 12.1. The van der Waals surface area contributed by atoms with Gasteiger partial charge in [0.25, 0.3) is 5.91 Å². The van der Waals surface area contributed by atoms with Crippen molar-refractivity contribution in [1.29, 1.82) is 0 Å². The van der Waals surface area contributed by atoms with Gasteiger partial charge in [-0.3, -0.25) is 4.79 Å². The Balaban J connectivity index is 2.11. The smallest absolute Gasteiger partial charge is 0.251 e. The van der Waals surface area contributed by atoms with E-state index in [1.54, 1.807) is 6.07 Å². The molecule has 0 unspecified atom stereocenters. The van der Waals surface area contributed by atoms with Gasteiger partial charge < -0.3 is 5.32 Å². The number of sulfonamides is 1. The molecule has 1 saturated carbocycles. The molecular weight excluding hydrogens is 344 g/mol. The van der Waals surface area contributed by atoms with Gasteiger partial charge in [0.15, 0.2) is 0 Å². The summed E-state index contributed by atoms with van der Waals surface area (Å²) in [5.41, 5.74) is 0.293. The van der Waals surface area contributed by atoms with E-state index in [9.17, 15) is 13.2 Å². The summed E-state index contributed by atoms with van der Waals surface area (Å²) in [4.78, 5) is 12.0. The van der Waals surface area contributed by atoms with Crippen LogP contribution in [0.2, 0.25) is 0 Å². The number of primary sulfonamides is 1. The van der Waals surface area contributed by atoms with Crippen LogP contribution in [-0.2, 0) is 10.0 Å². The fourth-order valence-corrected chi connectivity index (χ4v) is 3.64. The zero-order chi connectivity index (χ0) is 14.8. The summed E-state index contributed by atoms with van der Waals surface area (Å²) in [5, 5.41) is 7.94. The van der Waals surface area contributed by atoms with E-state index in [1.807, 2.05) is 0 Å². The van der Waals surface area contributed by atoms with Crippen LogP contribution in [0.3, 0.4) is 0 Å². The van der Waals surface area contributed by atoms with E-state index in [4.69, 9.17) is 5.14 Å².